The lowest BCUT2D eigenvalue weighted by Gasteiger charge is -2.13. The molecule has 1 atom stereocenters. The van der Waals surface area contributed by atoms with Crippen LogP contribution in [-0.2, 0) is 56.9 Å². The van der Waals surface area contributed by atoms with Crippen LogP contribution in [0.1, 0.15) is 78.6 Å². The number of hydrogen-bond acceptors (Lipinski definition) is 12. The van der Waals surface area contributed by atoms with Crippen molar-refractivity contribution in [3.05, 3.63) is 0 Å². The first-order valence-corrected chi connectivity index (χ1v) is 18.2. The van der Waals surface area contributed by atoms with E-state index >= 15 is 0 Å². The second-order valence-electron chi connectivity index (χ2n) is 11.0. The largest absolute Gasteiger partial charge is 0.463 e. The van der Waals surface area contributed by atoms with Crippen LogP contribution in [0, 0.1) is 5.92 Å². The van der Waals surface area contributed by atoms with Crippen LogP contribution in [0.25, 0.3) is 0 Å². The van der Waals surface area contributed by atoms with Gasteiger partial charge in [-0.1, -0.05) is 59.3 Å². The smallest absolute Gasteiger partial charge is 0.308 e. The topological polar surface area (TPSA) is 119 Å². The van der Waals surface area contributed by atoms with Crippen LogP contribution >= 0.6 is 0 Å². The molecule has 0 radical (unpaired) electrons. The molecule has 0 rings (SSSR count). The van der Waals surface area contributed by atoms with Crippen LogP contribution in [0.15, 0.2) is 0 Å². The molecule has 0 saturated carbocycles. The molecule has 0 aliphatic rings. The summed E-state index contributed by atoms with van der Waals surface area (Å²) in [5.74, 6) is -0.118. The first kappa shape index (κ1) is 46.1. The fraction of sp³-hybridized carbons (Fsp3) is 0.971. The van der Waals surface area contributed by atoms with E-state index in [0.717, 1.165) is 38.7 Å². The summed E-state index contributed by atoms with van der Waals surface area (Å²) in [6, 6.07) is 0. The van der Waals surface area contributed by atoms with Crippen molar-refractivity contribution in [2.45, 2.75) is 78.6 Å². The molecule has 0 aliphatic carbocycles. The average Bonchev–Trinajstić information content (AvgIpc) is 3.08. The van der Waals surface area contributed by atoms with Crippen LogP contribution in [0.3, 0.4) is 0 Å². The van der Waals surface area contributed by atoms with E-state index in [9.17, 15) is 4.79 Å². The third kappa shape index (κ3) is 37.7. The molecule has 0 N–H and O–H groups in total. The highest BCUT2D eigenvalue weighted by atomic mass is 16.6. The van der Waals surface area contributed by atoms with E-state index in [2.05, 4.69) is 13.8 Å². The minimum absolute atomic E-state index is 0.000888. The maximum atomic E-state index is 12.0. The second kappa shape index (κ2) is 41.2. The summed E-state index contributed by atoms with van der Waals surface area (Å²) in [5.41, 5.74) is 0. The normalized spacial score (nSPS) is 12.1. The molecule has 0 aromatic rings. The van der Waals surface area contributed by atoms with E-state index in [0.29, 0.717) is 126 Å². The summed E-state index contributed by atoms with van der Waals surface area (Å²) < 4.78 is 60.2. The third-order valence-corrected chi connectivity index (χ3v) is 6.94. The molecule has 0 amide bonds. The van der Waals surface area contributed by atoms with Gasteiger partial charge >= 0.3 is 5.97 Å². The zero-order chi connectivity index (χ0) is 34.1. The standard InChI is InChI=1S/C35H70O12/c1-4-7-9-10-11-13-37-14-15-38-16-17-39-18-19-40-20-21-41-22-23-42-24-25-43-26-27-44-28-29-45-30-31-46-32-33-47-35(36)34(6-3)12-8-5-2/h34H,4-33H2,1-3H3. The lowest BCUT2D eigenvalue weighted by Crippen LogP contribution is -2.20. The summed E-state index contributed by atoms with van der Waals surface area (Å²) in [6.45, 7) is 17.3. The quantitative estimate of drug-likeness (QED) is 0.0646. The zero-order valence-electron chi connectivity index (χ0n) is 30.2. The maximum absolute atomic E-state index is 12.0. The maximum Gasteiger partial charge on any atom is 0.308 e. The predicted molar refractivity (Wildman–Crippen MR) is 181 cm³/mol. The van der Waals surface area contributed by atoms with Crippen LogP contribution in [0.5, 0.6) is 0 Å². The lowest BCUT2D eigenvalue weighted by atomic mass is 10.00. The van der Waals surface area contributed by atoms with Gasteiger partial charge in [-0.2, -0.15) is 0 Å². The summed E-state index contributed by atoms with van der Waals surface area (Å²) in [4.78, 5) is 12.0. The highest BCUT2D eigenvalue weighted by Crippen LogP contribution is 2.14. The van der Waals surface area contributed by atoms with Gasteiger partial charge in [0.25, 0.3) is 0 Å². The fourth-order valence-electron chi connectivity index (χ4n) is 4.15. The molecule has 282 valence electrons. The van der Waals surface area contributed by atoms with Crippen LogP contribution < -0.4 is 0 Å². The van der Waals surface area contributed by atoms with Gasteiger partial charge in [0.15, 0.2) is 0 Å². The number of hydrogen-bond donors (Lipinski definition) is 0. The van der Waals surface area contributed by atoms with E-state index in [1.807, 2.05) is 6.92 Å². The molecule has 0 aliphatic heterocycles. The molecular weight excluding hydrogens is 612 g/mol. The number of esters is 1. The number of ether oxygens (including phenoxy) is 11. The van der Waals surface area contributed by atoms with Gasteiger partial charge in [0.2, 0.25) is 0 Å². The van der Waals surface area contributed by atoms with Gasteiger partial charge in [0.05, 0.1) is 131 Å². The minimum Gasteiger partial charge on any atom is -0.463 e. The molecule has 0 bridgehead atoms. The van der Waals surface area contributed by atoms with E-state index in [1.165, 1.54) is 25.7 Å². The molecular formula is C35H70O12. The number of unbranched alkanes of at least 4 members (excludes halogenated alkanes) is 5. The molecule has 0 saturated heterocycles. The Labute approximate surface area is 286 Å². The van der Waals surface area contributed by atoms with Crippen molar-refractivity contribution < 1.29 is 56.9 Å². The molecule has 0 aromatic carbocycles. The monoisotopic (exact) mass is 682 g/mol. The Bertz CT molecular complexity index is 599. The zero-order valence-corrected chi connectivity index (χ0v) is 30.2. The second-order valence-corrected chi connectivity index (χ2v) is 11.0. The number of carbonyl (C=O) groups is 1. The highest BCUT2D eigenvalue weighted by Gasteiger charge is 2.16. The Morgan fingerprint density at radius 3 is 0.979 bits per heavy atom. The highest BCUT2D eigenvalue weighted by molar-refractivity contribution is 5.72. The summed E-state index contributed by atoms with van der Waals surface area (Å²) in [6.07, 6.45) is 10.1. The van der Waals surface area contributed by atoms with Gasteiger partial charge in [0, 0.05) is 6.61 Å². The van der Waals surface area contributed by atoms with Gasteiger partial charge in [-0.05, 0) is 19.3 Å². The Morgan fingerprint density at radius 1 is 0.362 bits per heavy atom. The van der Waals surface area contributed by atoms with Gasteiger partial charge in [0.1, 0.15) is 6.61 Å². The minimum atomic E-state index is -0.117. The first-order chi connectivity index (χ1) is 23.3. The van der Waals surface area contributed by atoms with Gasteiger partial charge in [-0.3, -0.25) is 4.79 Å². The van der Waals surface area contributed by atoms with Crippen LogP contribution in [0.2, 0.25) is 0 Å². The van der Waals surface area contributed by atoms with Gasteiger partial charge < -0.3 is 52.1 Å². The van der Waals surface area contributed by atoms with E-state index in [1.54, 1.807) is 0 Å². The van der Waals surface area contributed by atoms with Crippen molar-refractivity contribution in [2.75, 3.05) is 139 Å². The molecule has 0 heterocycles. The molecule has 0 fully saturated rings. The van der Waals surface area contributed by atoms with Gasteiger partial charge in [-0.25, -0.2) is 0 Å². The molecule has 1 unspecified atom stereocenters. The summed E-state index contributed by atoms with van der Waals surface area (Å²) >= 11 is 0. The average molecular weight is 683 g/mol. The first-order valence-electron chi connectivity index (χ1n) is 18.2. The predicted octanol–water partition coefficient (Wildman–Crippen LogP) is 4.88. The molecule has 12 nitrogen and oxygen atoms in total. The SMILES string of the molecule is CCCCCCCOCCOCCOCCOCCOCCOCCOCCOCCOCCOCCOC(=O)C(CC)CCCC. The fourth-order valence-corrected chi connectivity index (χ4v) is 4.15. The van der Waals surface area contributed by atoms with Crippen LogP contribution in [-0.4, -0.2) is 145 Å². The number of carbonyl (C=O) groups excluding carboxylic acids is 1. The third-order valence-electron chi connectivity index (χ3n) is 6.94. The van der Waals surface area contributed by atoms with Crippen molar-refractivity contribution in [3.8, 4) is 0 Å². The summed E-state index contributed by atoms with van der Waals surface area (Å²) in [7, 11) is 0. The van der Waals surface area contributed by atoms with Crippen molar-refractivity contribution >= 4 is 5.97 Å². The van der Waals surface area contributed by atoms with Crippen molar-refractivity contribution in [1.82, 2.24) is 0 Å². The Kier molecular flexibility index (Phi) is 40.4. The van der Waals surface area contributed by atoms with Crippen molar-refractivity contribution in [2.24, 2.45) is 5.92 Å². The van der Waals surface area contributed by atoms with E-state index in [4.69, 9.17) is 52.1 Å². The van der Waals surface area contributed by atoms with Crippen molar-refractivity contribution in [1.29, 1.82) is 0 Å². The Balaban J connectivity index is 3.13. The van der Waals surface area contributed by atoms with Crippen molar-refractivity contribution in [3.63, 3.8) is 0 Å². The summed E-state index contributed by atoms with van der Waals surface area (Å²) in [5, 5.41) is 0. The van der Waals surface area contributed by atoms with Gasteiger partial charge in [-0.15, -0.1) is 0 Å². The van der Waals surface area contributed by atoms with E-state index in [-0.39, 0.29) is 18.5 Å². The molecule has 0 aromatic heterocycles. The molecule has 47 heavy (non-hydrogen) atoms. The lowest BCUT2D eigenvalue weighted by molar-refractivity contribution is -0.150. The van der Waals surface area contributed by atoms with Crippen LogP contribution in [0.4, 0.5) is 0 Å². The molecule has 12 heteroatoms. The number of rotatable bonds is 41. The Morgan fingerprint density at radius 2 is 0.660 bits per heavy atom. The Hall–Kier alpha value is -0.930. The van der Waals surface area contributed by atoms with E-state index < -0.39 is 0 Å². The molecule has 0 spiro atoms.